The van der Waals surface area contributed by atoms with Gasteiger partial charge in [-0.1, -0.05) is 29.8 Å². The first-order valence-electron chi connectivity index (χ1n) is 5.41. The van der Waals surface area contributed by atoms with Crippen molar-refractivity contribution in [3.05, 3.63) is 40.9 Å². The molecular formula is C13H15ClO2. The van der Waals surface area contributed by atoms with Crippen LogP contribution in [0, 0.1) is 0 Å². The Bertz CT molecular complexity index is 364. The van der Waals surface area contributed by atoms with Gasteiger partial charge < -0.3 is 9.47 Å². The van der Waals surface area contributed by atoms with E-state index in [9.17, 15) is 0 Å². The van der Waals surface area contributed by atoms with E-state index >= 15 is 0 Å². The van der Waals surface area contributed by atoms with E-state index < -0.39 is 0 Å². The van der Waals surface area contributed by atoms with E-state index in [1.165, 1.54) is 11.1 Å². The van der Waals surface area contributed by atoms with Crippen molar-refractivity contribution >= 4 is 17.2 Å². The van der Waals surface area contributed by atoms with Crippen molar-refractivity contribution in [2.45, 2.75) is 19.6 Å². The molecule has 1 fully saturated rings. The Kier molecular flexibility index (Phi) is 3.99. The molecule has 1 heterocycles. The van der Waals surface area contributed by atoms with E-state index in [1.807, 2.05) is 24.3 Å². The highest BCUT2D eigenvalue weighted by molar-refractivity contribution is 6.30. The van der Waals surface area contributed by atoms with Crippen LogP contribution >= 0.6 is 11.6 Å². The van der Waals surface area contributed by atoms with Crippen molar-refractivity contribution in [3.8, 4) is 0 Å². The van der Waals surface area contributed by atoms with E-state index in [0.29, 0.717) is 13.2 Å². The lowest BCUT2D eigenvalue weighted by Gasteiger charge is -2.07. The molecule has 0 atom stereocenters. The average Bonchev–Trinajstić information content (AvgIpc) is 2.80. The predicted molar refractivity (Wildman–Crippen MR) is 65.4 cm³/mol. The van der Waals surface area contributed by atoms with Crippen LogP contribution < -0.4 is 0 Å². The molecule has 3 heteroatoms. The summed E-state index contributed by atoms with van der Waals surface area (Å²) in [6.07, 6.45) is 2.87. The van der Waals surface area contributed by atoms with Crippen molar-refractivity contribution < 1.29 is 9.47 Å². The van der Waals surface area contributed by atoms with Crippen molar-refractivity contribution in [1.82, 2.24) is 0 Å². The summed E-state index contributed by atoms with van der Waals surface area (Å²) in [5, 5.41) is 0.763. The maximum Gasteiger partial charge on any atom is 0.161 e. The Labute approximate surface area is 101 Å². The minimum atomic E-state index is -0.0674. The second-order valence-electron chi connectivity index (χ2n) is 3.80. The molecule has 86 valence electrons. The smallest absolute Gasteiger partial charge is 0.161 e. The second kappa shape index (κ2) is 5.48. The van der Waals surface area contributed by atoms with Crippen LogP contribution in [-0.2, 0) is 9.47 Å². The predicted octanol–water partition coefficient (Wildman–Crippen LogP) is 3.51. The van der Waals surface area contributed by atoms with Gasteiger partial charge in [0.25, 0.3) is 0 Å². The molecule has 1 aliphatic rings. The molecule has 16 heavy (non-hydrogen) atoms. The van der Waals surface area contributed by atoms with Crippen LogP contribution in [-0.4, -0.2) is 19.5 Å². The Balaban J connectivity index is 1.97. The molecule has 0 radical (unpaired) electrons. The molecule has 2 nitrogen and oxygen atoms in total. The minimum absolute atomic E-state index is 0.0674. The fourth-order valence-corrected chi connectivity index (χ4v) is 1.77. The molecule has 0 bridgehead atoms. The number of halogens is 1. The molecule has 0 N–H and O–H groups in total. The standard InChI is InChI=1S/C13H15ClO2/c1-10(2-7-13-15-8-9-16-13)11-3-5-12(14)6-4-11/h2-6,13H,7-9H2,1H3. The maximum absolute atomic E-state index is 5.84. The van der Waals surface area contributed by atoms with E-state index in [1.54, 1.807) is 0 Å². The zero-order valence-electron chi connectivity index (χ0n) is 9.28. The molecule has 1 aliphatic heterocycles. The highest BCUT2D eigenvalue weighted by Gasteiger charge is 2.13. The quantitative estimate of drug-likeness (QED) is 0.803. The van der Waals surface area contributed by atoms with Gasteiger partial charge >= 0.3 is 0 Å². The Morgan fingerprint density at radius 3 is 2.56 bits per heavy atom. The molecule has 2 rings (SSSR count). The number of benzene rings is 1. The Morgan fingerprint density at radius 1 is 1.31 bits per heavy atom. The summed E-state index contributed by atoms with van der Waals surface area (Å²) in [7, 11) is 0. The molecule has 0 amide bonds. The third-order valence-electron chi connectivity index (χ3n) is 2.61. The first-order valence-corrected chi connectivity index (χ1v) is 5.79. The van der Waals surface area contributed by atoms with Gasteiger partial charge in [0.2, 0.25) is 0 Å². The Hall–Kier alpha value is -0.830. The van der Waals surface area contributed by atoms with Gasteiger partial charge in [-0.3, -0.25) is 0 Å². The summed E-state index contributed by atoms with van der Waals surface area (Å²) in [5.41, 5.74) is 2.40. The lowest BCUT2D eigenvalue weighted by Crippen LogP contribution is -2.05. The first kappa shape index (κ1) is 11.6. The van der Waals surface area contributed by atoms with Gasteiger partial charge in [-0.05, 0) is 30.2 Å². The van der Waals surface area contributed by atoms with Gasteiger partial charge in [0.15, 0.2) is 6.29 Å². The van der Waals surface area contributed by atoms with Gasteiger partial charge in [0.05, 0.1) is 13.2 Å². The van der Waals surface area contributed by atoms with Crippen LogP contribution in [0.4, 0.5) is 0 Å². The van der Waals surface area contributed by atoms with Crippen LogP contribution in [0.2, 0.25) is 5.02 Å². The highest BCUT2D eigenvalue weighted by atomic mass is 35.5. The van der Waals surface area contributed by atoms with Crippen LogP contribution in [0.1, 0.15) is 18.9 Å². The summed E-state index contributed by atoms with van der Waals surface area (Å²) < 4.78 is 10.7. The Morgan fingerprint density at radius 2 is 1.94 bits per heavy atom. The summed E-state index contributed by atoms with van der Waals surface area (Å²) in [6, 6.07) is 7.84. The summed E-state index contributed by atoms with van der Waals surface area (Å²) >= 11 is 5.84. The molecule has 1 saturated heterocycles. The summed E-state index contributed by atoms with van der Waals surface area (Å²) in [5.74, 6) is 0. The number of allylic oxidation sites excluding steroid dienone is 1. The van der Waals surface area contributed by atoms with Gasteiger partial charge in [-0.15, -0.1) is 0 Å². The lowest BCUT2D eigenvalue weighted by atomic mass is 10.1. The molecule has 0 aromatic heterocycles. The molecule has 1 aromatic rings. The van der Waals surface area contributed by atoms with Crippen molar-refractivity contribution in [3.63, 3.8) is 0 Å². The number of ether oxygens (including phenoxy) is 2. The van der Waals surface area contributed by atoms with Crippen LogP contribution in [0.25, 0.3) is 5.57 Å². The number of hydrogen-bond acceptors (Lipinski definition) is 2. The van der Waals surface area contributed by atoms with E-state index in [2.05, 4.69) is 13.0 Å². The normalized spacial score (nSPS) is 18.0. The van der Waals surface area contributed by atoms with E-state index in [-0.39, 0.29) is 6.29 Å². The topological polar surface area (TPSA) is 18.5 Å². The first-order chi connectivity index (χ1) is 7.75. The fraction of sp³-hybridized carbons (Fsp3) is 0.385. The zero-order chi connectivity index (χ0) is 11.4. The molecule has 0 aliphatic carbocycles. The molecule has 1 aromatic carbocycles. The van der Waals surface area contributed by atoms with Gasteiger partial charge in [-0.25, -0.2) is 0 Å². The van der Waals surface area contributed by atoms with Crippen molar-refractivity contribution in [2.24, 2.45) is 0 Å². The lowest BCUT2D eigenvalue weighted by molar-refractivity contribution is -0.0379. The zero-order valence-corrected chi connectivity index (χ0v) is 10.0. The molecular weight excluding hydrogens is 224 g/mol. The fourth-order valence-electron chi connectivity index (χ4n) is 1.65. The van der Waals surface area contributed by atoms with E-state index in [0.717, 1.165) is 11.4 Å². The molecule has 0 saturated carbocycles. The third kappa shape index (κ3) is 3.08. The number of hydrogen-bond donors (Lipinski definition) is 0. The SMILES string of the molecule is CC(=CCC1OCCO1)c1ccc(Cl)cc1. The van der Waals surface area contributed by atoms with Crippen molar-refractivity contribution in [2.75, 3.05) is 13.2 Å². The third-order valence-corrected chi connectivity index (χ3v) is 2.86. The minimum Gasteiger partial charge on any atom is -0.350 e. The van der Waals surface area contributed by atoms with Gasteiger partial charge in [0.1, 0.15) is 0 Å². The average molecular weight is 239 g/mol. The van der Waals surface area contributed by atoms with Crippen LogP contribution in [0.15, 0.2) is 30.3 Å². The molecule has 0 unspecified atom stereocenters. The maximum atomic E-state index is 5.84. The van der Waals surface area contributed by atoms with Crippen LogP contribution in [0.5, 0.6) is 0 Å². The van der Waals surface area contributed by atoms with Crippen molar-refractivity contribution in [1.29, 1.82) is 0 Å². The van der Waals surface area contributed by atoms with Crippen LogP contribution in [0.3, 0.4) is 0 Å². The van der Waals surface area contributed by atoms with E-state index in [4.69, 9.17) is 21.1 Å². The van der Waals surface area contributed by atoms with Gasteiger partial charge in [0, 0.05) is 11.4 Å². The monoisotopic (exact) mass is 238 g/mol. The second-order valence-corrected chi connectivity index (χ2v) is 4.24. The summed E-state index contributed by atoms with van der Waals surface area (Å²) in [4.78, 5) is 0. The highest BCUT2D eigenvalue weighted by Crippen LogP contribution is 2.19. The largest absolute Gasteiger partial charge is 0.350 e. The number of rotatable bonds is 3. The molecule has 0 spiro atoms. The van der Waals surface area contributed by atoms with Gasteiger partial charge in [-0.2, -0.15) is 0 Å². The summed E-state index contributed by atoms with van der Waals surface area (Å²) in [6.45, 7) is 3.50.